The number of benzene rings is 5. The first kappa shape index (κ1) is 22.6. The Bertz CT molecular complexity index is 2660. The second-order valence-electron chi connectivity index (χ2n) is 10.6. The van der Waals surface area contributed by atoms with Gasteiger partial charge in [0.2, 0.25) is 0 Å². The first-order valence-corrected chi connectivity index (χ1v) is 15.6. The zero-order chi connectivity index (χ0) is 27.4. The Balaban J connectivity index is 1.42. The Morgan fingerprint density at radius 3 is 2.24 bits per heavy atom. The maximum absolute atomic E-state index is 5.13. The lowest BCUT2D eigenvalue weighted by molar-refractivity contribution is 1.15. The van der Waals surface area contributed by atoms with E-state index in [4.69, 9.17) is 9.97 Å². The SMILES string of the molecule is c1ccc(-n2c3cccnc3c3ccc4c(sc5ccc6c7ccccc7n(-c7nc8ccccc8s7)c6c54)c32)cc1. The van der Waals surface area contributed by atoms with Crippen LogP contribution in [0.4, 0.5) is 0 Å². The number of hydrogen-bond donors (Lipinski definition) is 0. The topological polar surface area (TPSA) is 35.6 Å². The van der Waals surface area contributed by atoms with Crippen LogP contribution in [0.5, 0.6) is 0 Å². The third-order valence-electron chi connectivity index (χ3n) is 8.41. The number of aromatic nitrogens is 4. The van der Waals surface area contributed by atoms with Crippen molar-refractivity contribution in [2.24, 2.45) is 0 Å². The van der Waals surface area contributed by atoms with Crippen molar-refractivity contribution in [1.29, 1.82) is 0 Å². The molecule has 0 bridgehead atoms. The van der Waals surface area contributed by atoms with Crippen molar-refractivity contribution in [2.45, 2.75) is 0 Å². The summed E-state index contributed by atoms with van der Waals surface area (Å²) in [6.07, 6.45) is 1.90. The summed E-state index contributed by atoms with van der Waals surface area (Å²) in [7, 11) is 0. The molecule has 5 aromatic heterocycles. The molecule has 10 rings (SSSR count). The van der Waals surface area contributed by atoms with Crippen molar-refractivity contribution in [2.75, 3.05) is 0 Å². The third-order valence-corrected chi connectivity index (χ3v) is 10.6. The standard InChI is InChI=1S/C36H20N4S2/c1-2-9-21(10-3-1)39-28-14-8-20-37-32(28)25-17-16-24-31-30(41-35(24)34(25)39)19-18-23-22-11-4-6-13-27(22)40(33(23)31)36-38-26-12-5-7-15-29(26)42-36/h1-20H. The van der Waals surface area contributed by atoms with Crippen molar-refractivity contribution in [3.63, 3.8) is 0 Å². The molecule has 0 amide bonds. The fourth-order valence-corrected chi connectivity index (χ4v) is 8.91. The van der Waals surface area contributed by atoms with Crippen LogP contribution in [0.25, 0.3) is 85.0 Å². The molecule has 0 aliphatic rings. The maximum Gasteiger partial charge on any atom is 0.195 e. The monoisotopic (exact) mass is 572 g/mol. The average Bonchev–Trinajstić information content (AvgIpc) is 3.79. The van der Waals surface area contributed by atoms with Crippen LogP contribution in [0, 0.1) is 0 Å². The Morgan fingerprint density at radius 1 is 0.524 bits per heavy atom. The molecular formula is C36H20N4S2. The van der Waals surface area contributed by atoms with E-state index in [1.54, 1.807) is 11.3 Å². The van der Waals surface area contributed by atoms with Crippen LogP contribution in [0.2, 0.25) is 0 Å². The number of pyridine rings is 1. The highest BCUT2D eigenvalue weighted by Crippen LogP contribution is 2.47. The largest absolute Gasteiger partial charge is 0.306 e. The second kappa shape index (κ2) is 8.26. The van der Waals surface area contributed by atoms with E-state index in [-0.39, 0.29) is 0 Å². The summed E-state index contributed by atoms with van der Waals surface area (Å²) < 4.78 is 8.52. The average molecular weight is 573 g/mol. The number of thiophene rings is 1. The molecule has 10 aromatic rings. The van der Waals surface area contributed by atoms with Gasteiger partial charge < -0.3 is 4.57 Å². The number of nitrogens with zero attached hydrogens (tertiary/aromatic N) is 4. The molecule has 0 saturated heterocycles. The van der Waals surface area contributed by atoms with E-state index in [1.165, 1.54) is 57.6 Å². The zero-order valence-electron chi connectivity index (χ0n) is 22.2. The maximum atomic E-state index is 5.13. The summed E-state index contributed by atoms with van der Waals surface area (Å²) in [4.78, 5) is 9.97. The Kier molecular flexibility index (Phi) is 4.45. The summed E-state index contributed by atoms with van der Waals surface area (Å²) in [5, 5.41) is 7.22. The highest BCUT2D eigenvalue weighted by molar-refractivity contribution is 7.27. The molecule has 0 aliphatic heterocycles. The van der Waals surface area contributed by atoms with Gasteiger partial charge in [-0.2, -0.15) is 0 Å². The van der Waals surface area contributed by atoms with Gasteiger partial charge in [-0.1, -0.05) is 72.0 Å². The number of thiazole rings is 1. The van der Waals surface area contributed by atoms with Crippen LogP contribution in [0.1, 0.15) is 0 Å². The number of fused-ring (bicyclic) bond motifs is 12. The molecule has 0 aliphatic carbocycles. The Hall–Kier alpha value is -5.04. The fraction of sp³-hybridized carbons (Fsp3) is 0. The first-order valence-electron chi connectivity index (χ1n) is 13.9. The molecule has 0 N–H and O–H groups in total. The lowest BCUT2D eigenvalue weighted by Gasteiger charge is -2.08. The molecule has 0 unspecified atom stereocenters. The normalized spacial score (nSPS) is 12.3. The minimum absolute atomic E-state index is 0.998. The van der Waals surface area contributed by atoms with Crippen LogP contribution in [0.15, 0.2) is 121 Å². The molecule has 42 heavy (non-hydrogen) atoms. The van der Waals surface area contributed by atoms with E-state index in [0.29, 0.717) is 0 Å². The smallest absolute Gasteiger partial charge is 0.195 e. The van der Waals surface area contributed by atoms with Crippen LogP contribution < -0.4 is 0 Å². The van der Waals surface area contributed by atoms with Crippen LogP contribution in [-0.2, 0) is 0 Å². The Morgan fingerprint density at radius 2 is 1.31 bits per heavy atom. The fourth-order valence-electron chi connectivity index (χ4n) is 6.68. The van der Waals surface area contributed by atoms with Crippen molar-refractivity contribution < 1.29 is 0 Å². The van der Waals surface area contributed by atoms with Gasteiger partial charge in [0.15, 0.2) is 5.13 Å². The van der Waals surface area contributed by atoms with Gasteiger partial charge in [0.25, 0.3) is 0 Å². The van der Waals surface area contributed by atoms with Gasteiger partial charge in [-0.05, 0) is 54.6 Å². The van der Waals surface area contributed by atoms with Crippen LogP contribution in [0.3, 0.4) is 0 Å². The summed E-state index contributed by atoms with van der Waals surface area (Å²) in [5.74, 6) is 0. The summed E-state index contributed by atoms with van der Waals surface area (Å²) >= 11 is 3.62. The molecular weight excluding hydrogens is 553 g/mol. The van der Waals surface area contributed by atoms with Gasteiger partial charge >= 0.3 is 0 Å². The van der Waals surface area contributed by atoms with Crippen LogP contribution in [-0.4, -0.2) is 19.1 Å². The molecule has 0 saturated carbocycles. The van der Waals surface area contributed by atoms with E-state index < -0.39 is 0 Å². The molecule has 0 spiro atoms. The van der Waals surface area contributed by atoms with Gasteiger partial charge in [-0.3, -0.25) is 9.55 Å². The molecule has 0 radical (unpaired) electrons. The van der Waals surface area contributed by atoms with Crippen molar-refractivity contribution in [3.05, 3.63) is 121 Å². The van der Waals surface area contributed by atoms with E-state index in [0.717, 1.165) is 27.4 Å². The highest BCUT2D eigenvalue weighted by atomic mass is 32.1. The second-order valence-corrected chi connectivity index (χ2v) is 12.7. The van der Waals surface area contributed by atoms with E-state index >= 15 is 0 Å². The molecule has 6 heteroatoms. The lowest BCUT2D eigenvalue weighted by atomic mass is 10.1. The highest BCUT2D eigenvalue weighted by Gasteiger charge is 2.23. The van der Waals surface area contributed by atoms with Crippen LogP contribution >= 0.6 is 22.7 Å². The van der Waals surface area contributed by atoms with Crippen molar-refractivity contribution in [1.82, 2.24) is 19.1 Å². The quantitative estimate of drug-likeness (QED) is 0.207. The third kappa shape index (κ3) is 2.90. The predicted molar refractivity (Wildman–Crippen MR) is 179 cm³/mol. The molecule has 5 aromatic carbocycles. The number of para-hydroxylation sites is 3. The first-order chi connectivity index (χ1) is 20.8. The van der Waals surface area contributed by atoms with E-state index in [2.05, 4.69) is 118 Å². The molecule has 0 atom stereocenters. The molecule has 5 heterocycles. The zero-order valence-corrected chi connectivity index (χ0v) is 23.8. The van der Waals surface area contributed by atoms with Gasteiger partial charge in [0.1, 0.15) is 0 Å². The van der Waals surface area contributed by atoms with Gasteiger partial charge in [-0.15, -0.1) is 11.3 Å². The predicted octanol–water partition coefficient (Wildman–Crippen LogP) is 10.3. The minimum Gasteiger partial charge on any atom is -0.306 e. The molecule has 196 valence electrons. The van der Waals surface area contributed by atoms with Crippen molar-refractivity contribution >= 4 is 96.8 Å². The van der Waals surface area contributed by atoms with Gasteiger partial charge in [0.05, 0.1) is 42.5 Å². The summed E-state index contributed by atoms with van der Waals surface area (Å²) in [6.45, 7) is 0. The summed E-state index contributed by atoms with van der Waals surface area (Å²) in [6, 6.07) is 41.2. The van der Waals surface area contributed by atoms with E-state index in [9.17, 15) is 0 Å². The van der Waals surface area contributed by atoms with Crippen molar-refractivity contribution in [3.8, 4) is 10.8 Å². The minimum atomic E-state index is 0.998. The van der Waals surface area contributed by atoms with Gasteiger partial charge in [0, 0.05) is 43.5 Å². The number of rotatable bonds is 2. The molecule has 0 fully saturated rings. The lowest BCUT2D eigenvalue weighted by Crippen LogP contribution is -1.93. The van der Waals surface area contributed by atoms with E-state index in [1.807, 2.05) is 23.6 Å². The number of hydrogen-bond acceptors (Lipinski definition) is 4. The Labute approximate surface area is 247 Å². The van der Waals surface area contributed by atoms with Gasteiger partial charge in [-0.25, -0.2) is 4.98 Å². The molecule has 4 nitrogen and oxygen atoms in total. The summed E-state index contributed by atoms with van der Waals surface area (Å²) in [5.41, 5.74) is 7.95.